The lowest BCUT2D eigenvalue weighted by Crippen LogP contribution is -2.35. The van der Waals surface area contributed by atoms with Gasteiger partial charge in [-0.2, -0.15) is 0 Å². The van der Waals surface area contributed by atoms with Gasteiger partial charge < -0.3 is 0 Å². The third-order valence-corrected chi connectivity index (χ3v) is 4.15. The van der Waals surface area contributed by atoms with E-state index in [9.17, 15) is 9.59 Å². The Bertz CT molecular complexity index is 241. The minimum Gasteiger partial charge on any atom is -0.299 e. The van der Waals surface area contributed by atoms with Crippen LogP contribution in [0.1, 0.15) is 39.5 Å². The molecule has 0 aliphatic heterocycles. The van der Waals surface area contributed by atoms with Gasteiger partial charge in [0, 0.05) is 23.7 Å². The van der Waals surface area contributed by atoms with Crippen molar-refractivity contribution < 1.29 is 9.59 Å². The highest BCUT2D eigenvalue weighted by atomic mass is 16.1. The molecular weight excluding hydrogens is 152 g/mol. The molecule has 2 heteroatoms. The molecule has 0 aromatic heterocycles. The summed E-state index contributed by atoms with van der Waals surface area (Å²) in [6.45, 7) is 3.93. The number of rotatable bonds is 0. The number of carbonyl (C=O) groups excluding carboxylic acids is 2. The first-order valence-electron chi connectivity index (χ1n) is 4.57. The molecule has 2 nitrogen and oxygen atoms in total. The summed E-state index contributed by atoms with van der Waals surface area (Å²) in [4.78, 5) is 23.2. The molecule has 0 bridgehead atoms. The number of hydrogen-bond acceptors (Lipinski definition) is 2. The number of fused-ring (bicyclic) bond motifs is 1. The van der Waals surface area contributed by atoms with Gasteiger partial charge in [0.05, 0.1) is 0 Å². The molecule has 0 spiro atoms. The topological polar surface area (TPSA) is 34.1 Å². The van der Waals surface area contributed by atoms with E-state index < -0.39 is 0 Å². The molecule has 66 valence electrons. The van der Waals surface area contributed by atoms with Gasteiger partial charge >= 0.3 is 0 Å². The molecule has 0 N–H and O–H groups in total. The van der Waals surface area contributed by atoms with Crippen LogP contribution in [-0.2, 0) is 9.59 Å². The van der Waals surface area contributed by atoms with Gasteiger partial charge in [0.2, 0.25) is 0 Å². The molecule has 0 heterocycles. The Balaban J connectivity index is 2.50. The van der Waals surface area contributed by atoms with E-state index in [2.05, 4.69) is 0 Å². The second-order valence-electron chi connectivity index (χ2n) is 4.51. The van der Waals surface area contributed by atoms with Gasteiger partial charge in [-0.05, 0) is 12.8 Å². The lowest BCUT2D eigenvalue weighted by atomic mass is 9.70. The zero-order chi connectivity index (χ0) is 8.98. The predicted molar refractivity (Wildman–Crippen MR) is 44.7 cm³/mol. The lowest BCUT2D eigenvalue weighted by molar-refractivity contribution is -0.133. The van der Waals surface area contributed by atoms with Crippen molar-refractivity contribution in [3.8, 4) is 0 Å². The number of ketones is 2. The Morgan fingerprint density at radius 3 is 1.58 bits per heavy atom. The predicted octanol–water partition coefficient (Wildman–Crippen LogP) is 1.72. The first kappa shape index (κ1) is 7.96. The second kappa shape index (κ2) is 1.98. The van der Waals surface area contributed by atoms with Crippen LogP contribution in [0.4, 0.5) is 0 Å². The number of carbonyl (C=O) groups is 2. The molecule has 2 rings (SSSR count). The van der Waals surface area contributed by atoms with Crippen molar-refractivity contribution in [2.24, 2.45) is 10.8 Å². The van der Waals surface area contributed by atoms with Gasteiger partial charge in [0.15, 0.2) is 0 Å². The van der Waals surface area contributed by atoms with E-state index >= 15 is 0 Å². The monoisotopic (exact) mass is 166 g/mol. The molecule has 0 unspecified atom stereocenters. The van der Waals surface area contributed by atoms with Crippen LogP contribution in [0, 0.1) is 10.8 Å². The van der Waals surface area contributed by atoms with Crippen LogP contribution in [0.5, 0.6) is 0 Å². The van der Waals surface area contributed by atoms with Crippen LogP contribution in [0.25, 0.3) is 0 Å². The average molecular weight is 166 g/mol. The van der Waals surface area contributed by atoms with Crippen molar-refractivity contribution in [1.29, 1.82) is 0 Å². The molecule has 2 fully saturated rings. The van der Waals surface area contributed by atoms with Crippen molar-refractivity contribution in [3.63, 3.8) is 0 Å². The second-order valence-corrected chi connectivity index (χ2v) is 4.51. The number of Topliss-reactive ketones (excluding diaryl/α,β-unsaturated/α-hetero) is 2. The zero-order valence-electron chi connectivity index (χ0n) is 7.64. The van der Waals surface area contributed by atoms with E-state index in [-0.39, 0.29) is 10.8 Å². The molecule has 2 aliphatic carbocycles. The normalized spacial score (nSPS) is 46.8. The highest BCUT2D eigenvalue weighted by molar-refractivity contribution is 6.01. The molecule has 2 aliphatic rings. The van der Waals surface area contributed by atoms with E-state index in [1.807, 2.05) is 13.8 Å². The van der Waals surface area contributed by atoms with Gasteiger partial charge in [-0.15, -0.1) is 0 Å². The maximum atomic E-state index is 11.6. The Kier molecular flexibility index (Phi) is 1.31. The minimum absolute atomic E-state index is 0.302. The fourth-order valence-corrected chi connectivity index (χ4v) is 2.72. The van der Waals surface area contributed by atoms with Crippen LogP contribution in [-0.4, -0.2) is 11.6 Å². The van der Waals surface area contributed by atoms with E-state index in [1.54, 1.807) is 0 Å². The maximum absolute atomic E-state index is 11.6. The van der Waals surface area contributed by atoms with E-state index in [0.29, 0.717) is 24.4 Å². The maximum Gasteiger partial charge on any atom is 0.139 e. The molecule has 0 aromatic carbocycles. The molecule has 12 heavy (non-hydrogen) atoms. The fourth-order valence-electron chi connectivity index (χ4n) is 2.72. The average Bonchev–Trinajstić information content (AvgIpc) is 2.39. The summed E-state index contributed by atoms with van der Waals surface area (Å²) < 4.78 is 0. The van der Waals surface area contributed by atoms with Crippen molar-refractivity contribution >= 4 is 11.6 Å². The first-order valence-corrected chi connectivity index (χ1v) is 4.57. The van der Waals surface area contributed by atoms with Crippen LogP contribution < -0.4 is 0 Å². The summed E-state index contributed by atoms with van der Waals surface area (Å²) in [6, 6.07) is 0. The minimum atomic E-state index is -0.315. The van der Waals surface area contributed by atoms with Crippen LogP contribution in [0.2, 0.25) is 0 Å². The Morgan fingerprint density at radius 1 is 0.917 bits per heavy atom. The van der Waals surface area contributed by atoms with E-state index in [0.717, 1.165) is 12.8 Å². The van der Waals surface area contributed by atoms with Gasteiger partial charge in [0.1, 0.15) is 11.6 Å². The van der Waals surface area contributed by atoms with E-state index in [4.69, 9.17) is 0 Å². The Labute approximate surface area is 72.3 Å². The Morgan fingerprint density at radius 2 is 1.25 bits per heavy atom. The lowest BCUT2D eigenvalue weighted by Gasteiger charge is -2.30. The van der Waals surface area contributed by atoms with Gasteiger partial charge in [-0.3, -0.25) is 9.59 Å². The highest BCUT2D eigenvalue weighted by Crippen LogP contribution is 2.58. The summed E-state index contributed by atoms with van der Waals surface area (Å²) in [5.41, 5.74) is -0.631. The third kappa shape index (κ3) is 0.621. The summed E-state index contributed by atoms with van der Waals surface area (Å²) in [5, 5.41) is 0. The summed E-state index contributed by atoms with van der Waals surface area (Å²) >= 11 is 0. The largest absolute Gasteiger partial charge is 0.299 e. The summed E-state index contributed by atoms with van der Waals surface area (Å²) in [5.74, 6) is 0.603. The number of hydrogen-bond donors (Lipinski definition) is 0. The zero-order valence-corrected chi connectivity index (χ0v) is 7.64. The van der Waals surface area contributed by atoms with Crippen molar-refractivity contribution in [2.45, 2.75) is 39.5 Å². The van der Waals surface area contributed by atoms with Gasteiger partial charge in [-0.25, -0.2) is 0 Å². The van der Waals surface area contributed by atoms with Gasteiger partial charge in [0.25, 0.3) is 0 Å². The Hall–Kier alpha value is -0.660. The molecule has 0 amide bonds. The molecule has 2 saturated carbocycles. The first-order chi connectivity index (χ1) is 5.51. The third-order valence-electron chi connectivity index (χ3n) is 4.15. The molecular formula is C10H14O2. The molecule has 0 saturated heterocycles. The van der Waals surface area contributed by atoms with Crippen LogP contribution in [0.15, 0.2) is 0 Å². The molecule has 0 radical (unpaired) electrons. The standard InChI is InChI=1S/C10H14O2/c1-9-5-3-8(12)10(9,2)6-4-7(9)11/h3-6H2,1-2H3/t9-,10-/m1/s1. The fraction of sp³-hybridized carbons (Fsp3) is 0.800. The van der Waals surface area contributed by atoms with Gasteiger partial charge in [-0.1, -0.05) is 13.8 Å². The smallest absolute Gasteiger partial charge is 0.139 e. The van der Waals surface area contributed by atoms with E-state index in [1.165, 1.54) is 0 Å². The highest BCUT2D eigenvalue weighted by Gasteiger charge is 2.61. The summed E-state index contributed by atoms with van der Waals surface area (Å²) in [6.07, 6.45) is 2.78. The summed E-state index contributed by atoms with van der Waals surface area (Å²) in [7, 11) is 0. The molecule has 2 atom stereocenters. The SMILES string of the molecule is C[C@]12CCC(=O)[C@@]1(C)CCC2=O. The van der Waals surface area contributed by atoms with Crippen molar-refractivity contribution in [1.82, 2.24) is 0 Å². The van der Waals surface area contributed by atoms with Crippen molar-refractivity contribution in [2.75, 3.05) is 0 Å². The quantitative estimate of drug-likeness (QED) is 0.549. The van der Waals surface area contributed by atoms with Crippen LogP contribution in [0.3, 0.4) is 0 Å². The van der Waals surface area contributed by atoms with Crippen molar-refractivity contribution in [3.05, 3.63) is 0 Å². The molecule has 0 aromatic rings. The van der Waals surface area contributed by atoms with Crippen LogP contribution >= 0.6 is 0 Å².